The molecule has 4 heteroatoms. The Kier molecular flexibility index (Phi) is 14.7. The summed E-state index contributed by atoms with van der Waals surface area (Å²) in [5.74, 6) is 2.66. The molecule has 0 aromatic heterocycles. The molecule has 4 saturated carbocycles. The van der Waals surface area contributed by atoms with Crippen LogP contribution in [0.3, 0.4) is 0 Å². The average Bonchev–Trinajstić information content (AvgIpc) is 1.93. The molecule has 0 amide bonds. The molecule has 5 aliphatic rings. The minimum atomic E-state index is -2.22. The Morgan fingerprint density at radius 3 is 1.02 bits per heavy atom. The van der Waals surface area contributed by atoms with Crippen molar-refractivity contribution in [2.24, 2.45) is 0 Å². The third-order valence-corrected chi connectivity index (χ3v) is 31.8. The van der Waals surface area contributed by atoms with Crippen LogP contribution < -0.4 is 9.80 Å². The maximum atomic E-state index is 2.77. The van der Waals surface area contributed by atoms with Gasteiger partial charge < -0.3 is 9.80 Å². The fraction of sp³-hybridized carbons (Fsp3) is 0.392. The Morgan fingerprint density at radius 1 is 0.301 bits per heavy atom. The summed E-state index contributed by atoms with van der Waals surface area (Å²) < 4.78 is -0.141. The van der Waals surface area contributed by atoms with E-state index in [1.165, 1.54) is 228 Å². The Bertz CT molecular complexity index is 3640. The van der Waals surface area contributed by atoms with Crippen LogP contribution in [0.5, 0.6) is 0 Å². The lowest BCUT2D eigenvalue weighted by molar-refractivity contribution is 0.443. The normalized spacial score (nSPS) is 18.4. The molecular formula is C79H90N2Si2. The van der Waals surface area contributed by atoms with E-state index in [2.05, 4.69) is 219 Å². The number of fused-ring (bicyclic) bond motifs is 10. The summed E-state index contributed by atoms with van der Waals surface area (Å²) in [5, 5.41) is 8.24. The highest BCUT2D eigenvalue weighted by molar-refractivity contribution is 7.00. The molecule has 2 nitrogen and oxygen atoms in total. The van der Waals surface area contributed by atoms with Crippen LogP contribution in [-0.2, 0) is 4.66 Å². The van der Waals surface area contributed by atoms with Gasteiger partial charge in [-0.15, -0.1) is 0 Å². The summed E-state index contributed by atoms with van der Waals surface area (Å²) >= 11 is 0. The maximum Gasteiger partial charge on any atom is 0.0579 e. The van der Waals surface area contributed by atoms with Gasteiger partial charge in [0.25, 0.3) is 0 Å². The quantitative estimate of drug-likeness (QED) is 0.0889. The predicted molar refractivity (Wildman–Crippen MR) is 365 cm³/mol. The molecule has 424 valence electrons. The zero-order chi connectivity index (χ0) is 56.5. The van der Waals surface area contributed by atoms with Crippen LogP contribution in [0.25, 0.3) is 43.4 Å². The highest BCUT2D eigenvalue weighted by atomic mass is 28.4. The molecule has 9 aromatic carbocycles. The summed E-state index contributed by atoms with van der Waals surface area (Å²) in [5.41, 5.74) is 19.7. The second-order valence-corrected chi connectivity index (χ2v) is 39.5. The van der Waals surface area contributed by atoms with Crippen molar-refractivity contribution in [1.29, 1.82) is 0 Å². The fourth-order valence-corrected chi connectivity index (χ4v) is 31.1. The number of hydrogen-bond donors (Lipinski definition) is 0. The molecule has 4 fully saturated rings. The molecular weight excluding hydrogens is 1030 g/mol. The van der Waals surface area contributed by atoms with Crippen LogP contribution in [0, 0.1) is 0 Å². The highest BCUT2D eigenvalue weighted by Gasteiger charge is 2.60. The molecule has 5 aliphatic carbocycles. The van der Waals surface area contributed by atoms with Gasteiger partial charge in [-0.25, -0.2) is 0 Å². The second-order valence-electron chi connectivity index (χ2n) is 28.5. The first kappa shape index (κ1) is 54.7. The summed E-state index contributed by atoms with van der Waals surface area (Å²) in [4.78, 5) is 5.24. The molecule has 14 rings (SSSR count). The van der Waals surface area contributed by atoms with Gasteiger partial charge in [0.15, 0.2) is 0 Å². The van der Waals surface area contributed by atoms with Crippen LogP contribution in [-0.4, -0.2) is 16.1 Å². The van der Waals surface area contributed by atoms with Crippen LogP contribution in [0.2, 0.25) is 39.3 Å². The number of nitrogens with zero attached hydrogens (tertiary/aromatic N) is 2. The van der Waals surface area contributed by atoms with Gasteiger partial charge in [-0.2, -0.15) is 0 Å². The number of benzene rings is 9. The molecule has 83 heavy (non-hydrogen) atoms. The van der Waals surface area contributed by atoms with E-state index in [-0.39, 0.29) is 4.66 Å². The van der Waals surface area contributed by atoms with Gasteiger partial charge >= 0.3 is 0 Å². The minimum Gasteiger partial charge on any atom is -0.310 e. The summed E-state index contributed by atoms with van der Waals surface area (Å²) in [6.45, 7) is 16.3. The van der Waals surface area contributed by atoms with Gasteiger partial charge in [0.2, 0.25) is 0 Å². The van der Waals surface area contributed by atoms with E-state index >= 15 is 0 Å². The fourth-order valence-electron chi connectivity index (χ4n) is 18.1. The zero-order valence-electron chi connectivity index (χ0n) is 51.0. The molecule has 0 heterocycles. The molecule has 0 N–H and O–H groups in total. The molecule has 0 bridgehead atoms. The molecule has 0 spiro atoms. The lowest BCUT2D eigenvalue weighted by Crippen LogP contribution is -2.63. The van der Waals surface area contributed by atoms with Crippen molar-refractivity contribution >= 4 is 82.6 Å². The molecule has 0 aliphatic heterocycles. The number of hydrogen-bond acceptors (Lipinski definition) is 2. The first-order chi connectivity index (χ1) is 40.5. The minimum absolute atomic E-state index is 0.141. The summed E-state index contributed by atoms with van der Waals surface area (Å²) in [6.07, 6.45) is 26.8. The first-order valence-corrected chi connectivity index (χ1v) is 40.0. The Balaban J connectivity index is 0.984. The standard InChI is InChI=1S/C79H90N2Si2/c1-82(2,3)79(83(4,5)6)74-54-75(81(65-47-39-61(40-48-65)57-27-15-9-16-28-57)66-49-41-62(42-50-66)58-29-17-10-18-30-58)69-32-20-22-34-71(69)76(74)77-70-33-21-19-31-68(70)73-53-67(51-52-72(73)78(77)79)80(63-43-35-59(36-44-63)55-23-11-7-12-24-55)64-45-37-60(38-46-64)56-25-13-8-14-26-56/h19-22,31-58H,7-18,23-30H2,1-6H3. The van der Waals surface area contributed by atoms with E-state index in [9.17, 15) is 0 Å². The lowest BCUT2D eigenvalue weighted by Gasteiger charge is -2.52. The van der Waals surface area contributed by atoms with Gasteiger partial charge in [0.05, 0.1) is 21.8 Å². The van der Waals surface area contributed by atoms with Gasteiger partial charge in [0.1, 0.15) is 0 Å². The van der Waals surface area contributed by atoms with Crippen molar-refractivity contribution in [1.82, 2.24) is 0 Å². The predicted octanol–water partition coefficient (Wildman–Crippen LogP) is 24.3. The highest BCUT2D eigenvalue weighted by Crippen LogP contribution is 2.64. The van der Waals surface area contributed by atoms with Crippen LogP contribution in [0.4, 0.5) is 34.1 Å². The van der Waals surface area contributed by atoms with E-state index in [4.69, 9.17) is 0 Å². The molecule has 0 radical (unpaired) electrons. The van der Waals surface area contributed by atoms with Gasteiger partial charge in [-0.3, -0.25) is 0 Å². The molecule has 9 aromatic rings. The lowest BCUT2D eigenvalue weighted by atomic mass is 9.84. The van der Waals surface area contributed by atoms with Crippen molar-refractivity contribution in [2.45, 2.75) is 196 Å². The number of rotatable bonds is 12. The van der Waals surface area contributed by atoms with Gasteiger partial charge in [-0.1, -0.05) is 219 Å². The van der Waals surface area contributed by atoms with Crippen LogP contribution >= 0.6 is 0 Å². The summed E-state index contributed by atoms with van der Waals surface area (Å²) in [6, 6.07) is 69.0. The van der Waals surface area contributed by atoms with E-state index in [1.54, 1.807) is 11.1 Å². The van der Waals surface area contributed by atoms with Crippen molar-refractivity contribution < 1.29 is 0 Å². The van der Waals surface area contributed by atoms with Crippen LogP contribution in [0.15, 0.2) is 170 Å². The SMILES string of the molecule is C[Si](C)(C)C1([Si](C)(C)C)c2cc(N(c3ccc(C4CCCCC4)cc3)c3ccc(C4CCCCC4)cc3)c3ccccc3c2-c2c1c1ccc(N(c3ccc(C4CCCCC4)cc3)c3ccc(C4CCCCC4)cc3)cc1c1ccccc21. The van der Waals surface area contributed by atoms with E-state index in [0.29, 0.717) is 23.7 Å². The molecule has 0 atom stereocenters. The third-order valence-electron chi connectivity index (χ3n) is 21.7. The topological polar surface area (TPSA) is 6.48 Å². The Hall–Kier alpha value is -6.21. The largest absolute Gasteiger partial charge is 0.310 e. The van der Waals surface area contributed by atoms with E-state index < -0.39 is 16.1 Å². The van der Waals surface area contributed by atoms with E-state index in [0.717, 1.165) is 0 Å². The third kappa shape index (κ3) is 9.65. The van der Waals surface area contributed by atoms with Crippen molar-refractivity contribution in [3.05, 3.63) is 203 Å². The summed E-state index contributed by atoms with van der Waals surface area (Å²) in [7, 11) is -4.44. The average molecular weight is 1120 g/mol. The molecule has 0 saturated heterocycles. The zero-order valence-corrected chi connectivity index (χ0v) is 53.0. The molecule has 0 unspecified atom stereocenters. The van der Waals surface area contributed by atoms with Crippen molar-refractivity contribution in [3.8, 4) is 11.1 Å². The Labute approximate surface area is 499 Å². The van der Waals surface area contributed by atoms with Crippen molar-refractivity contribution in [2.75, 3.05) is 9.80 Å². The first-order valence-electron chi connectivity index (χ1n) is 33.0. The second kappa shape index (κ2) is 22.3. The smallest absolute Gasteiger partial charge is 0.0579 e. The monoisotopic (exact) mass is 1120 g/mol. The van der Waals surface area contributed by atoms with E-state index in [1.807, 2.05) is 0 Å². The number of anilines is 6. The Morgan fingerprint density at radius 2 is 0.639 bits per heavy atom. The van der Waals surface area contributed by atoms with Gasteiger partial charge in [-0.05, 0) is 213 Å². The van der Waals surface area contributed by atoms with Gasteiger partial charge in [0, 0.05) is 38.5 Å². The maximum absolute atomic E-state index is 2.77. The van der Waals surface area contributed by atoms with Crippen LogP contribution in [0.1, 0.15) is 185 Å². The van der Waals surface area contributed by atoms with Crippen molar-refractivity contribution in [3.63, 3.8) is 0 Å².